The van der Waals surface area contributed by atoms with E-state index >= 15 is 0 Å². The maximum Gasteiger partial charge on any atom is 0.126 e. The second-order valence-corrected chi connectivity index (χ2v) is 5.23. The number of fused-ring (bicyclic) bond motifs is 1. The summed E-state index contributed by atoms with van der Waals surface area (Å²) in [7, 11) is 0. The van der Waals surface area contributed by atoms with E-state index in [1.54, 1.807) is 6.07 Å². The average Bonchev–Trinajstić information content (AvgIpc) is 2.31. The van der Waals surface area contributed by atoms with Crippen molar-refractivity contribution >= 4 is 11.6 Å². The van der Waals surface area contributed by atoms with Crippen LogP contribution in [0.2, 0.25) is 5.02 Å². The van der Waals surface area contributed by atoms with E-state index in [9.17, 15) is 5.11 Å². The number of hydrogen-bond donors (Lipinski definition) is 1. The predicted molar refractivity (Wildman–Crippen MR) is 69.6 cm³/mol. The lowest BCUT2D eigenvalue weighted by molar-refractivity contribution is -0.0231. The topological polar surface area (TPSA) is 29.5 Å². The van der Waals surface area contributed by atoms with Crippen LogP contribution in [0.3, 0.4) is 0 Å². The minimum Gasteiger partial charge on any atom is -0.487 e. The molecular formula is C14H19ClO2. The molecule has 1 aromatic rings. The molecule has 1 aliphatic rings. The normalized spacial score (nSPS) is 27.4. The maximum atomic E-state index is 10.2. The van der Waals surface area contributed by atoms with Crippen molar-refractivity contribution in [3.05, 3.63) is 28.8 Å². The van der Waals surface area contributed by atoms with E-state index in [2.05, 4.69) is 13.8 Å². The van der Waals surface area contributed by atoms with Gasteiger partial charge in [0.25, 0.3) is 0 Å². The Balaban J connectivity index is 2.35. The number of aliphatic hydroxyl groups excluding tert-OH is 1. The second-order valence-electron chi connectivity index (χ2n) is 4.79. The van der Waals surface area contributed by atoms with Crippen LogP contribution in [0.1, 0.15) is 51.2 Å². The first-order chi connectivity index (χ1) is 8.10. The van der Waals surface area contributed by atoms with Gasteiger partial charge in [-0.15, -0.1) is 0 Å². The van der Waals surface area contributed by atoms with Crippen LogP contribution in [0.5, 0.6) is 5.75 Å². The van der Waals surface area contributed by atoms with Crippen LogP contribution in [0.25, 0.3) is 0 Å². The Morgan fingerprint density at radius 3 is 2.88 bits per heavy atom. The summed E-state index contributed by atoms with van der Waals surface area (Å²) in [5.74, 6) is 0.781. The second kappa shape index (κ2) is 4.87. The smallest absolute Gasteiger partial charge is 0.126 e. The molecule has 3 heteroatoms. The maximum absolute atomic E-state index is 10.2. The molecule has 2 nitrogen and oxygen atoms in total. The molecule has 0 saturated carbocycles. The number of hydrogen-bond acceptors (Lipinski definition) is 2. The van der Waals surface area contributed by atoms with Crippen LogP contribution < -0.4 is 4.74 Å². The minimum atomic E-state index is -0.469. The van der Waals surface area contributed by atoms with Gasteiger partial charge in [-0.25, -0.2) is 0 Å². The Hall–Kier alpha value is -0.730. The third kappa shape index (κ3) is 2.43. The van der Waals surface area contributed by atoms with Crippen molar-refractivity contribution in [1.29, 1.82) is 0 Å². The summed E-state index contributed by atoms with van der Waals surface area (Å²) in [6, 6.07) is 5.47. The molecule has 0 aliphatic carbocycles. The summed E-state index contributed by atoms with van der Waals surface area (Å²) < 4.78 is 6.12. The molecular weight excluding hydrogens is 236 g/mol. The summed E-state index contributed by atoms with van der Waals surface area (Å²) in [6.07, 6.45) is 3.14. The van der Waals surface area contributed by atoms with Crippen molar-refractivity contribution in [2.75, 3.05) is 0 Å². The first kappa shape index (κ1) is 12.7. The molecule has 17 heavy (non-hydrogen) atoms. The van der Waals surface area contributed by atoms with Crippen molar-refractivity contribution in [3.63, 3.8) is 0 Å². The molecule has 0 amide bonds. The number of aliphatic hydroxyl groups is 1. The van der Waals surface area contributed by atoms with Gasteiger partial charge in [0.2, 0.25) is 0 Å². The molecule has 0 aromatic heterocycles. The lowest BCUT2D eigenvalue weighted by atomic mass is 9.83. The van der Waals surface area contributed by atoms with Crippen LogP contribution in [0.4, 0.5) is 0 Å². The molecule has 0 saturated heterocycles. The summed E-state index contributed by atoms with van der Waals surface area (Å²) >= 11 is 5.94. The lowest BCUT2D eigenvalue weighted by Gasteiger charge is -2.40. The van der Waals surface area contributed by atoms with Crippen molar-refractivity contribution in [1.82, 2.24) is 0 Å². The highest BCUT2D eigenvalue weighted by Crippen LogP contribution is 2.43. The van der Waals surface area contributed by atoms with Gasteiger partial charge < -0.3 is 9.84 Å². The van der Waals surface area contributed by atoms with Gasteiger partial charge in [-0.1, -0.05) is 31.9 Å². The molecule has 2 rings (SSSR count). The Kier molecular flexibility index (Phi) is 3.64. The van der Waals surface area contributed by atoms with E-state index in [-0.39, 0.29) is 5.60 Å². The summed E-state index contributed by atoms with van der Waals surface area (Å²) in [5, 5.41) is 10.9. The highest BCUT2D eigenvalue weighted by atomic mass is 35.5. The van der Waals surface area contributed by atoms with Gasteiger partial charge >= 0.3 is 0 Å². The van der Waals surface area contributed by atoms with E-state index in [4.69, 9.17) is 16.3 Å². The SMILES string of the molecule is CCCC1(CC)C[C@H](O)c2cc(Cl)ccc2O1. The fourth-order valence-electron chi connectivity index (χ4n) is 2.61. The van der Waals surface area contributed by atoms with Gasteiger partial charge in [-0.3, -0.25) is 0 Å². The first-order valence-corrected chi connectivity index (χ1v) is 6.64. The predicted octanol–water partition coefficient (Wildman–Crippen LogP) is 4.10. The fraction of sp³-hybridized carbons (Fsp3) is 0.571. The molecule has 2 atom stereocenters. The van der Waals surface area contributed by atoms with Crippen molar-refractivity contribution in [3.8, 4) is 5.75 Å². The molecule has 0 radical (unpaired) electrons. The zero-order chi connectivity index (χ0) is 12.5. The van der Waals surface area contributed by atoms with Crippen molar-refractivity contribution < 1.29 is 9.84 Å². The van der Waals surface area contributed by atoms with Crippen LogP contribution in [-0.2, 0) is 0 Å². The Morgan fingerprint density at radius 2 is 2.24 bits per heavy atom. The molecule has 0 bridgehead atoms. The van der Waals surface area contributed by atoms with E-state index in [1.165, 1.54) is 0 Å². The van der Waals surface area contributed by atoms with Crippen LogP contribution in [-0.4, -0.2) is 10.7 Å². The summed E-state index contributed by atoms with van der Waals surface area (Å²) in [6.45, 7) is 4.26. The average molecular weight is 255 g/mol. The number of ether oxygens (including phenoxy) is 1. The molecule has 1 N–H and O–H groups in total. The lowest BCUT2D eigenvalue weighted by Crippen LogP contribution is -2.40. The highest BCUT2D eigenvalue weighted by Gasteiger charge is 2.38. The van der Waals surface area contributed by atoms with Crippen molar-refractivity contribution in [2.24, 2.45) is 0 Å². The Bertz CT molecular complexity index is 405. The molecule has 1 aliphatic heterocycles. The van der Waals surface area contributed by atoms with Gasteiger partial charge in [0.15, 0.2) is 0 Å². The number of benzene rings is 1. The van der Waals surface area contributed by atoms with Crippen LogP contribution in [0.15, 0.2) is 18.2 Å². The molecule has 1 unspecified atom stereocenters. The van der Waals surface area contributed by atoms with E-state index in [1.807, 2.05) is 12.1 Å². The monoisotopic (exact) mass is 254 g/mol. The molecule has 0 fully saturated rings. The first-order valence-electron chi connectivity index (χ1n) is 6.27. The third-order valence-corrected chi connectivity index (χ3v) is 3.81. The minimum absolute atomic E-state index is 0.213. The van der Waals surface area contributed by atoms with E-state index in [0.717, 1.165) is 30.6 Å². The molecule has 94 valence electrons. The van der Waals surface area contributed by atoms with Gasteiger partial charge in [-0.2, -0.15) is 0 Å². The van der Waals surface area contributed by atoms with Crippen molar-refractivity contribution in [2.45, 2.75) is 51.2 Å². The Labute approximate surface area is 108 Å². The van der Waals surface area contributed by atoms with Crippen LogP contribution >= 0.6 is 11.6 Å². The van der Waals surface area contributed by atoms with Crippen LogP contribution in [0, 0.1) is 0 Å². The third-order valence-electron chi connectivity index (χ3n) is 3.57. The van der Waals surface area contributed by atoms with Gasteiger partial charge in [-0.05, 0) is 31.0 Å². The largest absolute Gasteiger partial charge is 0.487 e. The Morgan fingerprint density at radius 1 is 1.47 bits per heavy atom. The zero-order valence-electron chi connectivity index (χ0n) is 10.4. The fourth-order valence-corrected chi connectivity index (χ4v) is 2.79. The molecule has 1 aromatic carbocycles. The summed E-state index contributed by atoms with van der Waals surface area (Å²) in [5.41, 5.74) is 0.604. The van der Waals surface area contributed by atoms with E-state index < -0.39 is 6.10 Å². The number of rotatable bonds is 3. The standard InChI is InChI=1S/C14H19ClO2/c1-3-7-14(4-2)9-12(16)11-8-10(15)5-6-13(11)17-14/h5-6,8,12,16H,3-4,7,9H2,1-2H3/t12-,14?/m0/s1. The molecule has 0 spiro atoms. The van der Waals surface area contributed by atoms with E-state index in [0.29, 0.717) is 11.4 Å². The van der Waals surface area contributed by atoms with Gasteiger partial charge in [0.1, 0.15) is 11.4 Å². The quantitative estimate of drug-likeness (QED) is 0.880. The van der Waals surface area contributed by atoms with Gasteiger partial charge in [0.05, 0.1) is 6.10 Å². The summed E-state index contributed by atoms with van der Waals surface area (Å²) in [4.78, 5) is 0. The zero-order valence-corrected chi connectivity index (χ0v) is 11.1. The molecule has 1 heterocycles. The highest BCUT2D eigenvalue weighted by molar-refractivity contribution is 6.30. The number of halogens is 1. The van der Waals surface area contributed by atoms with Gasteiger partial charge in [0, 0.05) is 17.0 Å².